The minimum atomic E-state index is -2.96. The first-order chi connectivity index (χ1) is 11.7. The third kappa shape index (κ3) is 3.79. The summed E-state index contributed by atoms with van der Waals surface area (Å²) in [6.07, 6.45) is 5.74. The van der Waals surface area contributed by atoms with Crippen molar-refractivity contribution in [3.05, 3.63) is 47.3 Å². The number of hydrogen-bond acceptors (Lipinski definition) is 4. The highest BCUT2D eigenvalue weighted by atomic mass is 19.3. The molecular formula is C17H18F2N2O3. The largest absolute Gasteiger partial charge is 0.434 e. The van der Waals surface area contributed by atoms with Crippen LogP contribution in [0.5, 0.6) is 5.75 Å². The fraction of sp³-hybridized carbons (Fsp3) is 0.412. The third-order valence-electron chi connectivity index (χ3n) is 3.98. The van der Waals surface area contributed by atoms with Gasteiger partial charge in [0.25, 0.3) is 0 Å². The molecule has 1 aliphatic rings. The molecule has 0 radical (unpaired) electrons. The van der Waals surface area contributed by atoms with Gasteiger partial charge in [0, 0.05) is 24.9 Å². The van der Waals surface area contributed by atoms with Crippen LogP contribution in [-0.2, 0) is 11.2 Å². The maximum absolute atomic E-state index is 12.3. The first-order valence-corrected chi connectivity index (χ1v) is 7.84. The van der Waals surface area contributed by atoms with E-state index in [2.05, 4.69) is 9.84 Å². The van der Waals surface area contributed by atoms with E-state index in [0.29, 0.717) is 12.7 Å². The van der Waals surface area contributed by atoms with Gasteiger partial charge in [-0.25, -0.2) is 4.68 Å². The Kier molecular flexibility index (Phi) is 5.20. The lowest BCUT2D eigenvalue weighted by atomic mass is 10.1. The number of hydrogen-bond donors (Lipinski definition) is 0. The zero-order valence-corrected chi connectivity index (χ0v) is 13.0. The average molecular weight is 336 g/mol. The van der Waals surface area contributed by atoms with Crippen molar-refractivity contribution in [2.45, 2.75) is 38.5 Å². The fourth-order valence-corrected chi connectivity index (χ4v) is 2.87. The number of halogens is 2. The summed E-state index contributed by atoms with van der Waals surface area (Å²) >= 11 is 0. The van der Waals surface area contributed by atoms with Gasteiger partial charge in [0.1, 0.15) is 12.0 Å². The maximum atomic E-state index is 12.3. The molecule has 0 N–H and O–H groups in total. The van der Waals surface area contributed by atoms with Crippen molar-refractivity contribution < 1.29 is 23.0 Å². The molecule has 1 aromatic carbocycles. The lowest BCUT2D eigenvalue weighted by Gasteiger charge is -2.24. The van der Waals surface area contributed by atoms with Crippen LogP contribution in [0, 0.1) is 0 Å². The summed E-state index contributed by atoms with van der Waals surface area (Å²) in [5, 5.41) is 4.33. The van der Waals surface area contributed by atoms with Crippen LogP contribution in [0.25, 0.3) is 0 Å². The molecule has 0 bridgehead atoms. The molecule has 1 aromatic heterocycles. The Morgan fingerprint density at radius 2 is 2.25 bits per heavy atom. The van der Waals surface area contributed by atoms with Crippen LogP contribution in [0.15, 0.2) is 30.5 Å². The van der Waals surface area contributed by atoms with Crippen LogP contribution in [0.4, 0.5) is 8.78 Å². The topological polar surface area (TPSA) is 53.4 Å². The van der Waals surface area contributed by atoms with Crippen LogP contribution >= 0.6 is 0 Å². The van der Waals surface area contributed by atoms with Crippen LogP contribution in [0.1, 0.15) is 47.1 Å². The van der Waals surface area contributed by atoms with E-state index in [1.165, 1.54) is 6.07 Å². The molecule has 1 atom stereocenters. The second-order valence-electron chi connectivity index (χ2n) is 5.63. The number of rotatable bonds is 6. The molecule has 0 aliphatic carbocycles. The summed E-state index contributed by atoms with van der Waals surface area (Å²) < 4.78 is 36.6. The lowest BCUT2D eigenvalue weighted by Crippen LogP contribution is -2.21. The predicted octanol–water partition coefficient (Wildman–Crippen LogP) is 3.59. The van der Waals surface area contributed by atoms with Gasteiger partial charge in [0.15, 0.2) is 6.29 Å². The molecule has 24 heavy (non-hydrogen) atoms. The van der Waals surface area contributed by atoms with Gasteiger partial charge in [0.05, 0.1) is 5.56 Å². The molecule has 1 saturated heterocycles. The Labute approximate surface area is 138 Å². The molecule has 3 rings (SSSR count). The molecule has 0 saturated carbocycles. The Morgan fingerprint density at radius 1 is 1.38 bits per heavy atom. The monoisotopic (exact) mass is 336 g/mol. The molecule has 0 amide bonds. The molecule has 1 unspecified atom stereocenters. The number of aromatic nitrogens is 2. The van der Waals surface area contributed by atoms with Gasteiger partial charge >= 0.3 is 6.61 Å². The molecule has 5 nitrogen and oxygen atoms in total. The van der Waals surface area contributed by atoms with Gasteiger partial charge < -0.3 is 9.47 Å². The number of alkyl halides is 2. The van der Waals surface area contributed by atoms with E-state index in [0.717, 1.165) is 37.1 Å². The highest BCUT2D eigenvalue weighted by Gasteiger charge is 2.19. The average Bonchev–Trinajstić information content (AvgIpc) is 3.04. The molecular weight excluding hydrogens is 318 g/mol. The predicted molar refractivity (Wildman–Crippen MR) is 82.3 cm³/mol. The van der Waals surface area contributed by atoms with Crippen molar-refractivity contribution in [1.29, 1.82) is 0 Å². The molecule has 0 spiro atoms. The number of benzene rings is 1. The van der Waals surface area contributed by atoms with E-state index in [4.69, 9.17) is 4.74 Å². The second kappa shape index (κ2) is 7.53. The summed E-state index contributed by atoms with van der Waals surface area (Å²) in [5.74, 6) is -0.118. The highest BCUT2D eigenvalue weighted by molar-refractivity contribution is 5.79. The Hall–Kier alpha value is -2.28. The van der Waals surface area contributed by atoms with Gasteiger partial charge in [-0.05, 0) is 43.0 Å². The van der Waals surface area contributed by atoms with Gasteiger partial charge in [-0.15, -0.1) is 0 Å². The smallest absolute Gasteiger partial charge is 0.387 e. The summed E-state index contributed by atoms with van der Waals surface area (Å²) in [6.45, 7) is -2.24. The fourth-order valence-electron chi connectivity index (χ4n) is 2.87. The summed E-state index contributed by atoms with van der Waals surface area (Å²) in [7, 11) is 0. The summed E-state index contributed by atoms with van der Waals surface area (Å²) in [5.41, 5.74) is 1.87. The zero-order valence-electron chi connectivity index (χ0n) is 13.0. The van der Waals surface area contributed by atoms with Crippen LogP contribution in [0.3, 0.4) is 0 Å². The van der Waals surface area contributed by atoms with Crippen molar-refractivity contribution in [2.75, 3.05) is 6.61 Å². The lowest BCUT2D eigenvalue weighted by molar-refractivity contribution is -0.0501. The second-order valence-corrected chi connectivity index (χ2v) is 5.63. The van der Waals surface area contributed by atoms with Crippen molar-refractivity contribution in [3.63, 3.8) is 0 Å². The van der Waals surface area contributed by atoms with Gasteiger partial charge in [-0.2, -0.15) is 13.9 Å². The Bertz CT molecular complexity index is 697. The number of carbonyl (C=O) groups is 1. The Morgan fingerprint density at radius 3 is 2.96 bits per heavy atom. The van der Waals surface area contributed by atoms with E-state index in [9.17, 15) is 13.6 Å². The van der Waals surface area contributed by atoms with Crippen LogP contribution in [0.2, 0.25) is 0 Å². The van der Waals surface area contributed by atoms with E-state index < -0.39 is 6.61 Å². The van der Waals surface area contributed by atoms with Gasteiger partial charge in [-0.3, -0.25) is 4.79 Å². The van der Waals surface area contributed by atoms with E-state index in [1.807, 2.05) is 10.7 Å². The SMILES string of the molecule is O=Cc1cc(Cc2ccnn2C2CCCCO2)ccc1OC(F)F. The number of ether oxygens (including phenoxy) is 2. The first-order valence-electron chi connectivity index (χ1n) is 7.84. The van der Waals surface area contributed by atoms with Crippen molar-refractivity contribution in [1.82, 2.24) is 9.78 Å². The van der Waals surface area contributed by atoms with E-state index in [1.54, 1.807) is 18.3 Å². The van der Waals surface area contributed by atoms with Gasteiger partial charge in [-0.1, -0.05) is 6.07 Å². The molecule has 7 heteroatoms. The molecule has 1 fully saturated rings. The third-order valence-corrected chi connectivity index (χ3v) is 3.98. The van der Waals surface area contributed by atoms with Crippen molar-refractivity contribution in [2.24, 2.45) is 0 Å². The number of aldehydes is 1. The minimum Gasteiger partial charge on any atom is -0.434 e. The summed E-state index contributed by atoms with van der Waals surface area (Å²) in [4.78, 5) is 11.1. The first kappa shape index (κ1) is 16.6. The molecule has 2 heterocycles. The zero-order chi connectivity index (χ0) is 16.9. The van der Waals surface area contributed by atoms with E-state index >= 15 is 0 Å². The maximum Gasteiger partial charge on any atom is 0.387 e. The van der Waals surface area contributed by atoms with E-state index in [-0.39, 0.29) is 17.5 Å². The van der Waals surface area contributed by atoms with Crippen molar-refractivity contribution >= 4 is 6.29 Å². The Balaban J connectivity index is 1.79. The quantitative estimate of drug-likeness (QED) is 0.757. The molecule has 128 valence electrons. The number of carbonyl (C=O) groups excluding carboxylic acids is 1. The summed E-state index contributed by atoms with van der Waals surface area (Å²) in [6, 6.07) is 6.51. The highest BCUT2D eigenvalue weighted by Crippen LogP contribution is 2.26. The van der Waals surface area contributed by atoms with Gasteiger partial charge in [0.2, 0.25) is 0 Å². The normalized spacial score (nSPS) is 17.9. The molecule has 1 aliphatic heterocycles. The minimum absolute atomic E-state index is 0.0734. The van der Waals surface area contributed by atoms with Crippen LogP contribution < -0.4 is 4.74 Å². The standard InChI is InChI=1S/C17H18F2N2O3/c18-17(19)24-15-5-4-12(9-13(15)11-22)10-14-6-7-20-21(14)16-3-1-2-8-23-16/h4-7,9,11,16-17H,1-3,8,10H2. The molecule has 2 aromatic rings. The van der Waals surface area contributed by atoms with Crippen molar-refractivity contribution in [3.8, 4) is 5.75 Å². The number of nitrogens with zero attached hydrogens (tertiary/aromatic N) is 2. The van der Waals surface area contributed by atoms with Crippen LogP contribution in [-0.4, -0.2) is 29.3 Å².